The molecule has 2 N–H and O–H groups in total. The third-order valence-corrected chi connectivity index (χ3v) is 2.77. The van der Waals surface area contributed by atoms with E-state index in [2.05, 4.69) is 31.4 Å². The molecule has 13 heavy (non-hydrogen) atoms. The fourth-order valence-corrected chi connectivity index (χ4v) is 1.31. The summed E-state index contributed by atoms with van der Waals surface area (Å²) in [5.41, 5.74) is 0.132. The summed E-state index contributed by atoms with van der Waals surface area (Å²) < 4.78 is 0. The molecule has 0 radical (unpaired) electrons. The number of hydrogen-bond acceptors (Lipinski definition) is 4. The van der Waals surface area contributed by atoms with Gasteiger partial charge in [-0.15, -0.1) is 0 Å². The lowest BCUT2D eigenvalue weighted by molar-refractivity contribution is 0.128. The molecule has 0 unspecified atom stereocenters. The number of hydrogen-bond donors (Lipinski definition) is 3. The first-order valence-corrected chi connectivity index (χ1v) is 5.24. The predicted octanol–water partition coefficient (Wildman–Crippen LogP) is 0.229. The Kier molecular flexibility index (Phi) is 6.77. The molecule has 0 atom stereocenters. The molecule has 0 heterocycles. The Morgan fingerprint density at radius 2 is 1.62 bits per heavy atom. The summed E-state index contributed by atoms with van der Waals surface area (Å²) in [6, 6.07) is 0. The van der Waals surface area contributed by atoms with Crippen molar-refractivity contribution < 1.29 is 10.2 Å². The van der Waals surface area contributed by atoms with E-state index in [1.807, 2.05) is 0 Å². The van der Waals surface area contributed by atoms with Crippen molar-refractivity contribution in [2.24, 2.45) is 5.41 Å². The van der Waals surface area contributed by atoms with E-state index in [1.54, 1.807) is 0 Å². The topological polar surface area (TPSA) is 43.7 Å². The average Bonchev–Trinajstić information content (AvgIpc) is 2.05. The third-order valence-electron chi connectivity index (χ3n) is 1.91. The van der Waals surface area contributed by atoms with Crippen LogP contribution in [0, 0.1) is 5.41 Å². The van der Waals surface area contributed by atoms with Crippen molar-refractivity contribution in [2.75, 3.05) is 38.6 Å². The summed E-state index contributed by atoms with van der Waals surface area (Å²) in [5, 5.41) is 17.6. The maximum atomic E-state index is 8.79. The first kappa shape index (κ1) is 13.2. The SMILES string of the molecule is CC(C)(CS)CN(CCO)CCO. The molecule has 0 rings (SSSR count). The molecule has 0 saturated carbocycles. The Labute approximate surface area is 86.2 Å². The maximum absolute atomic E-state index is 8.79. The molecule has 0 saturated heterocycles. The summed E-state index contributed by atoms with van der Waals surface area (Å²) in [7, 11) is 0. The molecule has 4 heteroatoms. The molecule has 0 spiro atoms. The zero-order chi connectivity index (χ0) is 10.3. The molecule has 0 aromatic carbocycles. The van der Waals surface area contributed by atoms with Crippen LogP contribution in [0.25, 0.3) is 0 Å². The molecule has 3 nitrogen and oxygen atoms in total. The van der Waals surface area contributed by atoms with Gasteiger partial charge in [0.05, 0.1) is 13.2 Å². The van der Waals surface area contributed by atoms with Gasteiger partial charge in [0, 0.05) is 19.6 Å². The van der Waals surface area contributed by atoms with Crippen LogP contribution in [0.5, 0.6) is 0 Å². The smallest absolute Gasteiger partial charge is 0.0558 e. The Morgan fingerprint density at radius 3 is 1.92 bits per heavy atom. The van der Waals surface area contributed by atoms with Crippen LogP contribution < -0.4 is 0 Å². The minimum absolute atomic E-state index is 0.132. The molecule has 0 amide bonds. The summed E-state index contributed by atoms with van der Waals surface area (Å²) in [4.78, 5) is 2.05. The molecular formula is C9H21NO2S. The zero-order valence-electron chi connectivity index (χ0n) is 8.53. The largest absolute Gasteiger partial charge is 0.395 e. The standard InChI is InChI=1S/C9H21NO2S/c1-9(2,8-13)7-10(3-5-11)4-6-12/h11-13H,3-8H2,1-2H3. The van der Waals surface area contributed by atoms with E-state index in [-0.39, 0.29) is 18.6 Å². The number of nitrogens with zero attached hydrogens (tertiary/aromatic N) is 1. The van der Waals surface area contributed by atoms with E-state index < -0.39 is 0 Å². The van der Waals surface area contributed by atoms with Gasteiger partial charge in [0.25, 0.3) is 0 Å². The zero-order valence-corrected chi connectivity index (χ0v) is 9.43. The second-order valence-corrected chi connectivity index (χ2v) is 4.36. The second-order valence-electron chi connectivity index (χ2n) is 4.05. The number of rotatable bonds is 7. The Morgan fingerprint density at radius 1 is 1.15 bits per heavy atom. The quantitative estimate of drug-likeness (QED) is 0.524. The van der Waals surface area contributed by atoms with Gasteiger partial charge in [0.1, 0.15) is 0 Å². The fraction of sp³-hybridized carbons (Fsp3) is 1.00. The van der Waals surface area contributed by atoms with Crippen LogP contribution >= 0.6 is 12.6 Å². The highest BCUT2D eigenvalue weighted by Crippen LogP contribution is 2.18. The second kappa shape index (κ2) is 6.65. The lowest BCUT2D eigenvalue weighted by atomic mass is 9.95. The average molecular weight is 207 g/mol. The minimum atomic E-state index is 0.132. The summed E-state index contributed by atoms with van der Waals surface area (Å²) >= 11 is 4.26. The van der Waals surface area contributed by atoms with Crippen molar-refractivity contribution in [3.63, 3.8) is 0 Å². The van der Waals surface area contributed by atoms with E-state index in [1.165, 1.54) is 0 Å². The van der Waals surface area contributed by atoms with Gasteiger partial charge in [0.15, 0.2) is 0 Å². The number of thiol groups is 1. The first-order chi connectivity index (χ1) is 6.05. The summed E-state index contributed by atoms with van der Waals surface area (Å²) in [6.07, 6.45) is 0. The van der Waals surface area contributed by atoms with E-state index in [4.69, 9.17) is 10.2 Å². The Balaban J connectivity index is 3.92. The summed E-state index contributed by atoms with van der Waals surface area (Å²) in [5.74, 6) is 0.806. The molecule has 0 aromatic rings. The van der Waals surface area contributed by atoms with Crippen LogP contribution in [-0.4, -0.2) is 53.7 Å². The monoisotopic (exact) mass is 207 g/mol. The highest BCUT2D eigenvalue weighted by molar-refractivity contribution is 7.80. The normalized spacial score (nSPS) is 12.5. The lowest BCUT2D eigenvalue weighted by Crippen LogP contribution is -2.38. The third kappa shape index (κ3) is 6.32. The van der Waals surface area contributed by atoms with Gasteiger partial charge in [-0.3, -0.25) is 4.90 Å². The number of aliphatic hydroxyl groups excluding tert-OH is 2. The van der Waals surface area contributed by atoms with Gasteiger partial charge in [-0.05, 0) is 11.2 Å². The van der Waals surface area contributed by atoms with Crippen LogP contribution in [0.4, 0.5) is 0 Å². The Bertz CT molecular complexity index is 125. The van der Waals surface area contributed by atoms with Crippen LogP contribution in [0.2, 0.25) is 0 Å². The van der Waals surface area contributed by atoms with Crippen molar-refractivity contribution in [1.29, 1.82) is 0 Å². The highest BCUT2D eigenvalue weighted by Gasteiger charge is 2.19. The minimum Gasteiger partial charge on any atom is -0.395 e. The molecule has 0 bridgehead atoms. The van der Waals surface area contributed by atoms with Crippen LogP contribution in [0.1, 0.15) is 13.8 Å². The molecule has 0 aromatic heterocycles. The van der Waals surface area contributed by atoms with Gasteiger partial charge >= 0.3 is 0 Å². The van der Waals surface area contributed by atoms with Crippen molar-refractivity contribution in [1.82, 2.24) is 4.90 Å². The van der Waals surface area contributed by atoms with Crippen molar-refractivity contribution in [3.8, 4) is 0 Å². The molecule has 0 aliphatic heterocycles. The molecular weight excluding hydrogens is 186 g/mol. The fourth-order valence-electron chi connectivity index (χ4n) is 1.21. The van der Waals surface area contributed by atoms with E-state index in [0.29, 0.717) is 13.1 Å². The molecule has 0 aliphatic carbocycles. The van der Waals surface area contributed by atoms with Gasteiger partial charge in [-0.25, -0.2) is 0 Å². The maximum Gasteiger partial charge on any atom is 0.0558 e. The molecule has 0 fully saturated rings. The van der Waals surface area contributed by atoms with Crippen molar-refractivity contribution in [3.05, 3.63) is 0 Å². The summed E-state index contributed by atoms with van der Waals surface area (Å²) in [6.45, 7) is 6.64. The molecule has 80 valence electrons. The Hall–Kier alpha value is 0.230. The lowest BCUT2D eigenvalue weighted by Gasteiger charge is -2.30. The van der Waals surface area contributed by atoms with E-state index in [9.17, 15) is 0 Å². The van der Waals surface area contributed by atoms with E-state index in [0.717, 1.165) is 12.3 Å². The van der Waals surface area contributed by atoms with Gasteiger partial charge < -0.3 is 10.2 Å². The van der Waals surface area contributed by atoms with Crippen LogP contribution in [0.15, 0.2) is 0 Å². The van der Waals surface area contributed by atoms with E-state index >= 15 is 0 Å². The van der Waals surface area contributed by atoms with Crippen molar-refractivity contribution >= 4 is 12.6 Å². The molecule has 0 aliphatic rings. The van der Waals surface area contributed by atoms with Gasteiger partial charge in [-0.2, -0.15) is 12.6 Å². The first-order valence-electron chi connectivity index (χ1n) is 4.60. The highest BCUT2D eigenvalue weighted by atomic mass is 32.1. The van der Waals surface area contributed by atoms with Crippen LogP contribution in [0.3, 0.4) is 0 Å². The van der Waals surface area contributed by atoms with Crippen molar-refractivity contribution in [2.45, 2.75) is 13.8 Å². The van der Waals surface area contributed by atoms with Crippen LogP contribution in [-0.2, 0) is 0 Å². The predicted molar refractivity (Wildman–Crippen MR) is 58.2 cm³/mol. The van der Waals surface area contributed by atoms with Gasteiger partial charge in [-0.1, -0.05) is 13.8 Å². The van der Waals surface area contributed by atoms with Gasteiger partial charge in [0.2, 0.25) is 0 Å². The number of aliphatic hydroxyl groups is 2.